The van der Waals surface area contributed by atoms with Gasteiger partial charge in [-0.3, -0.25) is 4.98 Å². The predicted octanol–water partition coefficient (Wildman–Crippen LogP) is 2.80. The lowest BCUT2D eigenvalue weighted by molar-refractivity contribution is 0.0599. The van der Waals surface area contributed by atoms with E-state index < -0.39 is 5.60 Å². The third-order valence-corrected chi connectivity index (χ3v) is 4.38. The van der Waals surface area contributed by atoms with Gasteiger partial charge in [0.15, 0.2) is 0 Å². The van der Waals surface area contributed by atoms with Crippen LogP contribution < -0.4 is 0 Å². The van der Waals surface area contributed by atoms with Gasteiger partial charge in [0.2, 0.25) is 0 Å². The van der Waals surface area contributed by atoms with Crippen LogP contribution in [0.4, 0.5) is 0 Å². The van der Waals surface area contributed by atoms with E-state index in [1.54, 1.807) is 12.4 Å². The minimum atomic E-state index is -0.960. The number of likely N-dealkylation sites (tertiary alicyclic amines) is 1. The lowest BCUT2D eigenvalue weighted by Crippen LogP contribution is -2.33. The van der Waals surface area contributed by atoms with E-state index in [0.29, 0.717) is 6.42 Å². The lowest BCUT2D eigenvalue weighted by Gasteiger charge is -2.31. The zero-order valence-electron chi connectivity index (χ0n) is 12.3. The van der Waals surface area contributed by atoms with Crippen molar-refractivity contribution in [2.24, 2.45) is 0 Å². The fraction of sp³-hybridized carbons (Fsp3) is 0.389. The molecular formula is C18H22N2O. The Labute approximate surface area is 126 Å². The third kappa shape index (κ3) is 3.14. The first-order chi connectivity index (χ1) is 10.3. The summed E-state index contributed by atoms with van der Waals surface area (Å²) in [6, 6.07) is 13.8. The molecule has 1 saturated heterocycles. The minimum Gasteiger partial charge on any atom is -0.380 e. The van der Waals surface area contributed by atoms with E-state index >= 15 is 0 Å². The van der Waals surface area contributed by atoms with Gasteiger partial charge in [0, 0.05) is 24.5 Å². The van der Waals surface area contributed by atoms with Gasteiger partial charge in [-0.2, -0.15) is 0 Å². The Morgan fingerprint density at radius 3 is 2.38 bits per heavy atom. The molecule has 0 bridgehead atoms. The molecule has 1 aliphatic rings. The van der Waals surface area contributed by atoms with E-state index in [9.17, 15) is 5.11 Å². The molecule has 2 heterocycles. The van der Waals surface area contributed by atoms with Crippen molar-refractivity contribution < 1.29 is 5.11 Å². The average molecular weight is 282 g/mol. The maximum Gasteiger partial charge on any atom is 0.117 e. The molecule has 1 atom stereocenters. The molecule has 1 fully saturated rings. The Kier molecular flexibility index (Phi) is 4.32. The first-order valence-corrected chi connectivity index (χ1v) is 7.70. The van der Waals surface area contributed by atoms with Gasteiger partial charge in [-0.05, 0) is 44.0 Å². The molecule has 1 aromatic heterocycles. The number of pyridine rings is 1. The van der Waals surface area contributed by atoms with Crippen molar-refractivity contribution in [3.8, 4) is 0 Å². The highest BCUT2D eigenvalue weighted by molar-refractivity contribution is 5.34. The molecule has 1 aromatic carbocycles. The van der Waals surface area contributed by atoms with Crippen molar-refractivity contribution in [2.45, 2.75) is 24.9 Å². The van der Waals surface area contributed by atoms with E-state index in [-0.39, 0.29) is 0 Å². The smallest absolute Gasteiger partial charge is 0.117 e. The molecule has 0 aliphatic carbocycles. The zero-order chi connectivity index (χ0) is 14.5. The topological polar surface area (TPSA) is 36.4 Å². The highest BCUT2D eigenvalue weighted by Gasteiger charge is 2.32. The summed E-state index contributed by atoms with van der Waals surface area (Å²) in [5, 5.41) is 11.3. The SMILES string of the molecule is OC(CCN1CCCC1)(c1ccccc1)c1cccnc1. The molecule has 110 valence electrons. The van der Waals surface area contributed by atoms with E-state index in [0.717, 1.165) is 30.8 Å². The van der Waals surface area contributed by atoms with Gasteiger partial charge in [0.1, 0.15) is 5.60 Å². The standard InChI is InChI=1S/C18H22N2O/c21-18(16-7-2-1-3-8-16,17-9-6-11-19-15-17)10-14-20-12-4-5-13-20/h1-3,6-9,11,15,21H,4-5,10,12-14H2. The highest BCUT2D eigenvalue weighted by Crippen LogP contribution is 2.33. The van der Waals surface area contributed by atoms with Crippen LogP contribution >= 0.6 is 0 Å². The summed E-state index contributed by atoms with van der Waals surface area (Å²) in [6.45, 7) is 3.22. The average Bonchev–Trinajstić information content (AvgIpc) is 3.08. The van der Waals surface area contributed by atoms with E-state index in [1.807, 2.05) is 42.5 Å². The van der Waals surface area contributed by atoms with Crippen LogP contribution in [0.5, 0.6) is 0 Å². The number of nitrogens with zero attached hydrogens (tertiary/aromatic N) is 2. The summed E-state index contributed by atoms with van der Waals surface area (Å²) in [7, 11) is 0. The first kappa shape index (κ1) is 14.2. The molecule has 1 N–H and O–H groups in total. The lowest BCUT2D eigenvalue weighted by atomic mass is 9.84. The summed E-state index contributed by atoms with van der Waals surface area (Å²) in [4.78, 5) is 6.62. The second-order valence-corrected chi connectivity index (χ2v) is 5.77. The fourth-order valence-corrected chi connectivity index (χ4v) is 3.10. The van der Waals surface area contributed by atoms with Crippen LogP contribution in [0.2, 0.25) is 0 Å². The van der Waals surface area contributed by atoms with Gasteiger partial charge in [-0.15, -0.1) is 0 Å². The van der Waals surface area contributed by atoms with Gasteiger partial charge < -0.3 is 10.0 Å². The van der Waals surface area contributed by atoms with Crippen LogP contribution in [-0.4, -0.2) is 34.6 Å². The number of aromatic nitrogens is 1. The second-order valence-electron chi connectivity index (χ2n) is 5.77. The molecule has 3 rings (SSSR count). The molecule has 3 heteroatoms. The molecule has 0 spiro atoms. The fourth-order valence-electron chi connectivity index (χ4n) is 3.10. The Balaban J connectivity index is 1.87. The van der Waals surface area contributed by atoms with Crippen molar-refractivity contribution in [1.82, 2.24) is 9.88 Å². The molecule has 0 radical (unpaired) electrons. The number of hydrogen-bond acceptors (Lipinski definition) is 3. The van der Waals surface area contributed by atoms with Gasteiger partial charge >= 0.3 is 0 Å². The number of rotatable bonds is 5. The van der Waals surface area contributed by atoms with Crippen molar-refractivity contribution in [2.75, 3.05) is 19.6 Å². The predicted molar refractivity (Wildman–Crippen MR) is 84.0 cm³/mol. The molecule has 1 unspecified atom stereocenters. The van der Waals surface area contributed by atoms with Gasteiger partial charge in [0.05, 0.1) is 0 Å². The molecule has 1 aliphatic heterocycles. The van der Waals surface area contributed by atoms with Crippen LogP contribution in [-0.2, 0) is 5.60 Å². The molecule has 0 saturated carbocycles. The molecule has 2 aromatic rings. The first-order valence-electron chi connectivity index (χ1n) is 7.70. The molecule has 0 amide bonds. The summed E-state index contributed by atoms with van der Waals surface area (Å²) in [5.41, 5.74) is 0.852. The maximum absolute atomic E-state index is 11.3. The third-order valence-electron chi connectivity index (χ3n) is 4.38. The van der Waals surface area contributed by atoms with Crippen LogP contribution in [0.15, 0.2) is 54.9 Å². The van der Waals surface area contributed by atoms with E-state index in [2.05, 4.69) is 9.88 Å². The quantitative estimate of drug-likeness (QED) is 0.916. The Hall–Kier alpha value is -1.71. The number of benzene rings is 1. The largest absolute Gasteiger partial charge is 0.380 e. The van der Waals surface area contributed by atoms with Gasteiger partial charge in [-0.1, -0.05) is 36.4 Å². The van der Waals surface area contributed by atoms with Crippen molar-refractivity contribution in [3.63, 3.8) is 0 Å². The Morgan fingerprint density at radius 2 is 1.71 bits per heavy atom. The monoisotopic (exact) mass is 282 g/mol. The van der Waals surface area contributed by atoms with E-state index in [1.165, 1.54) is 12.8 Å². The second kappa shape index (κ2) is 6.37. The zero-order valence-corrected chi connectivity index (χ0v) is 12.3. The molecular weight excluding hydrogens is 260 g/mol. The van der Waals surface area contributed by atoms with Crippen molar-refractivity contribution in [1.29, 1.82) is 0 Å². The summed E-state index contributed by atoms with van der Waals surface area (Å²) >= 11 is 0. The number of hydrogen-bond donors (Lipinski definition) is 1. The van der Waals surface area contributed by atoms with Crippen LogP contribution in [0.3, 0.4) is 0 Å². The van der Waals surface area contributed by atoms with Crippen LogP contribution in [0.25, 0.3) is 0 Å². The maximum atomic E-state index is 11.3. The summed E-state index contributed by atoms with van der Waals surface area (Å²) in [5.74, 6) is 0. The number of aliphatic hydroxyl groups is 1. The van der Waals surface area contributed by atoms with Gasteiger partial charge in [0.25, 0.3) is 0 Å². The minimum absolute atomic E-state index is 0.697. The van der Waals surface area contributed by atoms with Crippen molar-refractivity contribution >= 4 is 0 Å². The van der Waals surface area contributed by atoms with E-state index in [4.69, 9.17) is 0 Å². The van der Waals surface area contributed by atoms with Gasteiger partial charge in [-0.25, -0.2) is 0 Å². The normalized spacial score (nSPS) is 18.5. The van der Waals surface area contributed by atoms with Crippen molar-refractivity contribution in [3.05, 3.63) is 66.0 Å². The Bertz CT molecular complexity index is 510. The summed E-state index contributed by atoms with van der Waals surface area (Å²) < 4.78 is 0. The highest BCUT2D eigenvalue weighted by atomic mass is 16.3. The van der Waals surface area contributed by atoms with Crippen LogP contribution in [0, 0.1) is 0 Å². The van der Waals surface area contributed by atoms with Crippen LogP contribution in [0.1, 0.15) is 30.4 Å². The Morgan fingerprint density at radius 1 is 1.00 bits per heavy atom. The molecule has 21 heavy (non-hydrogen) atoms. The molecule has 3 nitrogen and oxygen atoms in total. The summed E-state index contributed by atoms with van der Waals surface area (Å²) in [6.07, 6.45) is 6.77.